The smallest absolute Gasteiger partial charge is 0.414 e. The zero-order valence-electron chi connectivity index (χ0n) is 14.7. The van der Waals surface area contributed by atoms with Crippen molar-refractivity contribution in [2.75, 3.05) is 48.3 Å². The van der Waals surface area contributed by atoms with Gasteiger partial charge in [0.25, 0.3) is 0 Å². The summed E-state index contributed by atoms with van der Waals surface area (Å²) in [5, 5.41) is 10.6. The van der Waals surface area contributed by atoms with Crippen molar-refractivity contribution in [3.8, 4) is 0 Å². The molecule has 1 amide bonds. The normalized spacial score (nSPS) is 20.4. The van der Waals surface area contributed by atoms with Crippen LogP contribution in [0.1, 0.15) is 0 Å². The summed E-state index contributed by atoms with van der Waals surface area (Å²) in [6, 6.07) is 2.24. The van der Waals surface area contributed by atoms with Gasteiger partial charge in [0.2, 0.25) is 5.95 Å². The number of hydrogen-bond donors (Lipinski definition) is 2. The molecule has 0 saturated carbocycles. The van der Waals surface area contributed by atoms with E-state index in [4.69, 9.17) is 15.3 Å². The molecule has 1 aromatic carbocycles. The minimum Gasteiger partial charge on any atom is -0.442 e. The molecule has 1 aromatic heterocycles. The number of hydrogen-bond acceptors (Lipinski definition) is 9. The number of halogens is 2. The number of carbonyl (C=O) groups is 1. The Labute approximate surface area is 157 Å². The summed E-state index contributed by atoms with van der Waals surface area (Å²) in [6.07, 6.45) is -1.33. The number of rotatable bonds is 4. The van der Waals surface area contributed by atoms with E-state index in [1.54, 1.807) is 4.90 Å². The molecule has 11 nitrogen and oxygen atoms in total. The Morgan fingerprint density at radius 2 is 2.07 bits per heavy atom. The number of aromatic nitrogens is 4. The summed E-state index contributed by atoms with van der Waals surface area (Å²) >= 11 is 0. The van der Waals surface area contributed by atoms with Crippen molar-refractivity contribution in [1.29, 1.82) is 0 Å². The number of anilines is 3. The predicted molar refractivity (Wildman–Crippen MR) is 92.4 cm³/mol. The van der Waals surface area contributed by atoms with Gasteiger partial charge in [0, 0.05) is 31.8 Å². The largest absolute Gasteiger partial charge is 0.442 e. The molecular weight excluding hydrogens is 378 g/mol. The molecule has 0 bridgehead atoms. The standard InChI is InChI=1S/C15H18F2N8O3/c16-11-5-9(6-12(17)13(11)23-2-1-19-27-4-3-23)24-7-10(28-15(24)26)8-25-14(18)20-21-22-25/h5-6,10,19H,1-4,7-8H2,(H2,18,20,22)/t10-/m1/s1. The molecule has 3 N–H and O–H groups in total. The highest BCUT2D eigenvalue weighted by Crippen LogP contribution is 2.31. The monoisotopic (exact) mass is 396 g/mol. The van der Waals surface area contributed by atoms with Gasteiger partial charge >= 0.3 is 6.09 Å². The average Bonchev–Trinajstić information content (AvgIpc) is 3.10. The third-order valence-electron chi connectivity index (χ3n) is 4.49. The van der Waals surface area contributed by atoms with Gasteiger partial charge < -0.3 is 15.4 Å². The molecule has 150 valence electrons. The van der Waals surface area contributed by atoms with Gasteiger partial charge in [-0.3, -0.25) is 9.74 Å². The Hall–Kier alpha value is -3.06. The van der Waals surface area contributed by atoms with Gasteiger partial charge in [0.1, 0.15) is 11.8 Å². The second-order valence-electron chi connectivity index (χ2n) is 6.32. The minimum absolute atomic E-state index is 0.0696. The number of cyclic esters (lactones) is 1. The molecule has 0 unspecified atom stereocenters. The van der Waals surface area contributed by atoms with E-state index in [1.165, 1.54) is 4.68 Å². The maximum atomic E-state index is 14.7. The first kappa shape index (κ1) is 18.3. The molecule has 0 aliphatic carbocycles. The number of benzene rings is 1. The van der Waals surface area contributed by atoms with Crippen LogP contribution < -0.4 is 21.0 Å². The van der Waals surface area contributed by atoms with Crippen LogP contribution in [0.5, 0.6) is 0 Å². The zero-order valence-corrected chi connectivity index (χ0v) is 14.7. The summed E-state index contributed by atoms with van der Waals surface area (Å²) in [5.74, 6) is -1.46. The van der Waals surface area contributed by atoms with Crippen molar-refractivity contribution >= 4 is 23.4 Å². The molecule has 4 rings (SSSR count). The minimum atomic E-state index is -0.766. The van der Waals surface area contributed by atoms with Gasteiger partial charge in [0.05, 0.1) is 25.4 Å². The summed E-state index contributed by atoms with van der Waals surface area (Å²) in [7, 11) is 0. The third kappa shape index (κ3) is 3.53. The molecule has 1 atom stereocenters. The van der Waals surface area contributed by atoms with Crippen molar-refractivity contribution in [2.45, 2.75) is 12.6 Å². The van der Waals surface area contributed by atoms with E-state index in [0.29, 0.717) is 26.2 Å². The lowest BCUT2D eigenvalue weighted by Gasteiger charge is -2.24. The lowest BCUT2D eigenvalue weighted by molar-refractivity contribution is 0.0589. The summed E-state index contributed by atoms with van der Waals surface area (Å²) in [4.78, 5) is 20.0. The molecular formula is C15H18F2N8O3. The number of nitrogen functional groups attached to an aromatic ring is 1. The Morgan fingerprint density at radius 1 is 1.29 bits per heavy atom. The molecule has 28 heavy (non-hydrogen) atoms. The average molecular weight is 396 g/mol. The third-order valence-corrected chi connectivity index (χ3v) is 4.49. The van der Waals surface area contributed by atoms with Crippen molar-refractivity contribution in [3.63, 3.8) is 0 Å². The Balaban J connectivity index is 1.52. The van der Waals surface area contributed by atoms with E-state index in [0.717, 1.165) is 17.0 Å². The highest BCUT2D eigenvalue weighted by Gasteiger charge is 2.34. The number of nitrogens with zero attached hydrogens (tertiary/aromatic N) is 6. The fourth-order valence-corrected chi connectivity index (χ4v) is 3.19. The second-order valence-corrected chi connectivity index (χ2v) is 6.32. The van der Waals surface area contributed by atoms with Crippen molar-refractivity contribution in [3.05, 3.63) is 23.8 Å². The summed E-state index contributed by atoms with van der Waals surface area (Å²) in [5.41, 5.74) is 8.21. The lowest BCUT2D eigenvalue weighted by Crippen LogP contribution is -2.31. The van der Waals surface area contributed by atoms with Crippen molar-refractivity contribution < 1.29 is 23.1 Å². The quantitative estimate of drug-likeness (QED) is 0.729. The van der Waals surface area contributed by atoms with Crippen molar-refractivity contribution in [2.24, 2.45) is 0 Å². The molecule has 0 radical (unpaired) electrons. The lowest BCUT2D eigenvalue weighted by atomic mass is 10.2. The fourth-order valence-electron chi connectivity index (χ4n) is 3.19. The molecule has 3 heterocycles. The fraction of sp³-hybridized carbons (Fsp3) is 0.467. The van der Waals surface area contributed by atoms with Crippen LogP contribution in [-0.4, -0.2) is 65.2 Å². The van der Waals surface area contributed by atoms with Crippen LogP contribution in [0.2, 0.25) is 0 Å². The maximum absolute atomic E-state index is 14.7. The SMILES string of the molecule is Nc1nnnn1C[C@H]1CN(c2cc(F)c(N3CCNOCC3)c(F)c2)C(=O)O1. The van der Waals surface area contributed by atoms with Crippen LogP contribution in [0, 0.1) is 11.6 Å². The number of nitrogens with one attached hydrogen (secondary N) is 1. The van der Waals surface area contributed by atoms with E-state index in [-0.39, 0.29) is 30.4 Å². The number of amides is 1. The van der Waals surface area contributed by atoms with E-state index in [2.05, 4.69) is 21.0 Å². The first-order valence-electron chi connectivity index (χ1n) is 8.61. The predicted octanol–water partition coefficient (Wildman–Crippen LogP) is -0.0999. The van der Waals surface area contributed by atoms with E-state index >= 15 is 0 Å². The molecule has 2 aromatic rings. The molecule has 2 saturated heterocycles. The van der Waals surface area contributed by atoms with Gasteiger partial charge in [-0.05, 0) is 10.4 Å². The topological polar surface area (TPSA) is 124 Å². The van der Waals surface area contributed by atoms with E-state index in [9.17, 15) is 13.6 Å². The van der Waals surface area contributed by atoms with Gasteiger partial charge in [-0.15, -0.1) is 0 Å². The number of hydroxylamine groups is 1. The van der Waals surface area contributed by atoms with E-state index < -0.39 is 23.8 Å². The molecule has 2 fully saturated rings. The van der Waals surface area contributed by atoms with Gasteiger partial charge in [-0.2, -0.15) is 0 Å². The number of ether oxygens (including phenoxy) is 1. The maximum Gasteiger partial charge on any atom is 0.414 e. The van der Waals surface area contributed by atoms with Gasteiger partial charge in [-0.1, -0.05) is 5.10 Å². The van der Waals surface area contributed by atoms with Crippen LogP contribution in [0.4, 0.5) is 30.9 Å². The zero-order chi connectivity index (χ0) is 19.7. The Bertz CT molecular complexity index is 848. The molecule has 0 spiro atoms. The molecule has 13 heteroatoms. The second kappa shape index (κ2) is 7.52. The highest BCUT2D eigenvalue weighted by atomic mass is 19.1. The van der Waals surface area contributed by atoms with Crippen molar-refractivity contribution in [1.82, 2.24) is 25.7 Å². The Kier molecular flexibility index (Phi) is 4.92. The van der Waals surface area contributed by atoms with Crippen LogP contribution in [0.3, 0.4) is 0 Å². The van der Waals surface area contributed by atoms with Crippen LogP contribution in [-0.2, 0) is 16.1 Å². The van der Waals surface area contributed by atoms with Gasteiger partial charge in [0.15, 0.2) is 11.6 Å². The van der Waals surface area contributed by atoms with Crippen LogP contribution in [0.25, 0.3) is 0 Å². The highest BCUT2D eigenvalue weighted by molar-refractivity contribution is 5.90. The van der Waals surface area contributed by atoms with Crippen LogP contribution in [0.15, 0.2) is 12.1 Å². The number of nitrogens with two attached hydrogens (primary N) is 1. The summed E-state index contributed by atoms with van der Waals surface area (Å²) < 4.78 is 35.9. The first-order valence-corrected chi connectivity index (χ1v) is 8.61. The molecule has 2 aliphatic rings. The molecule has 2 aliphatic heterocycles. The van der Waals surface area contributed by atoms with Crippen LogP contribution >= 0.6 is 0 Å². The summed E-state index contributed by atoms with van der Waals surface area (Å²) in [6.45, 7) is 1.65. The number of tetrazole rings is 1. The van der Waals surface area contributed by atoms with E-state index in [1.807, 2.05) is 0 Å². The Morgan fingerprint density at radius 3 is 2.79 bits per heavy atom. The first-order chi connectivity index (χ1) is 13.5. The van der Waals surface area contributed by atoms with Gasteiger partial charge in [-0.25, -0.2) is 23.7 Å². The number of carbonyl (C=O) groups excluding carboxylic acids is 1.